The largest absolute Gasteiger partial charge is 0.497 e. The molecule has 1 aromatic heterocycles. The lowest BCUT2D eigenvalue weighted by atomic mass is 9.86. The molecule has 4 aromatic rings. The third kappa shape index (κ3) is 4.96. The van der Waals surface area contributed by atoms with Crippen LogP contribution in [0.3, 0.4) is 0 Å². The molecule has 0 spiro atoms. The Balaban J connectivity index is 1.08. The summed E-state index contributed by atoms with van der Waals surface area (Å²) in [6, 6.07) is 25.9. The molecule has 7 rings (SSSR count). The van der Waals surface area contributed by atoms with Gasteiger partial charge in [0.2, 0.25) is 11.8 Å². The lowest BCUT2D eigenvalue weighted by Crippen LogP contribution is -2.63. The SMILES string of the molecule is COc1ccc([C@@H]2c3[nH]c4ccccc4c3C[C@H]3C(=O)N(CCC4CCN(Cc5ccccc5)CC4)CC(=O)N23)cc1. The van der Waals surface area contributed by atoms with Crippen LogP contribution >= 0.6 is 0 Å². The number of hydrogen-bond donors (Lipinski definition) is 1. The molecule has 7 nitrogen and oxygen atoms in total. The van der Waals surface area contributed by atoms with Crippen molar-refractivity contribution in [3.05, 3.63) is 101 Å². The first-order chi connectivity index (χ1) is 20.6. The highest BCUT2D eigenvalue weighted by Crippen LogP contribution is 2.43. The predicted molar refractivity (Wildman–Crippen MR) is 163 cm³/mol. The molecule has 4 heterocycles. The molecule has 3 aromatic carbocycles. The van der Waals surface area contributed by atoms with Gasteiger partial charge in [-0.15, -0.1) is 0 Å². The normalized spacial score (nSPS) is 21.5. The van der Waals surface area contributed by atoms with Gasteiger partial charge in [0.05, 0.1) is 19.7 Å². The fourth-order valence-electron chi connectivity index (χ4n) is 7.26. The maximum atomic E-state index is 14.1. The molecular formula is C35H38N4O3. The van der Waals surface area contributed by atoms with E-state index in [1.807, 2.05) is 46.2 Å². The molecule has 0 saturated carbocycles. The van der Waals surface area contributed by atoms with E-state index in [-0.39, 0.29) is 24.4 Å². The van der Waals surface area contributed by atoms with Crippen LogP contribution in [0.15, 0.2) is 78.9 Å². The number of nitrogens with one attached hydrogen (secondary N) is 1. The van der Waals surface area contributed by atoms with E-state index < -0.39 is 6.04 Å². The Morgan fingerprint density at radius 1 is 0.905 bits per heavy atom. The number of ether oxygens (including phenoxy) is 1. The first-order valence-corrected chi connectivity index (χ1v) is 15.2. The summed E-state index contributed by atoms with van der Waals surface area (Å²) < 4.78 is 5.39. The summed E-state index contributed by atoms with van der Waals surface area (Å²) in [6.07, 6.45) is 3.75. The highest BCUT2D eigenvalue weighted by Gasteiger charge is 2.48. The molecule has 0 aliphatic carbocycles. The Morgan fingerprint density at radius 2 is 1.64 bits per heavy atom. The zero-order valence-electron chi connectivity index (χ0n) is 24.2. The highest BCUT2D eigenvalue weighted by atomic mass is 16.5. The van der Waals surface area contributed by atoms with Gasteiger partial charge < -0.3 is 19.5 Å². The minimum atomic E-state index is -0.502. The minimum absolute atomic E-state index is 0.0161. The van der Waals surface area contributed by atoms with Gasteiger partial charge in [0.1, 0.15) is 11.8 Å². The number of hydrogen-bond acceptors (Lipinski definition) is 4. The number of methoxy groups -OCH3 is 1. The summed E-state index contributed by atoms with van der Waals surface area (Å²) in [7, 11) is 1.65. The fourth-order valence-corrected chi connectivity index (χ4v) is 7.26. The van der Waals surface area contributed by atoms with Crippen molar-refractivity contribution >= 4 is 22.7 Å². The van der Waals surface area contributed by atoms with Crippen LogP contribution in [0.1, 0.15) is 47.7 Å². The third-order valence-corrected chi connectivity index (χ3v) is 9.54. The topological polar surface area (TPSA) is 68.9 Å². The number of H-pyrrole nitrogens is 1. The molecule has 2 atom stereocenters. The first-order valence-electron chi connectivity index (χ1n) is 15.2. The second kappa shape index (κ2) is 11.3. The van der Waals surface area contributed by atoms with E-state index in [1.165, 1.54) is 5.56 Å². The Bertz CT molecular complexity index is 1570. The second-order valence-corrected chi connectivity index (χ2v) is 12.0. The number of carbonyl (C=O) groups excluding carboxylic acids is 2. The third-order valence-electron chi connectivity index (χ3n) is 9.54. The number of piperazine rings is 1. The summed E-state index contributed by atoms with van der Waals surface area (Å²) in [4.78, 5) is 37.8. The molecule has 216 valence electrons. The standard InChI is InChI=1S/C35H38N4O3/c1-42-27-13-11-26(12-14-27)34-33-29(28-9-5-6-10-30(28)36-33)21-31-35(41)38(23-32(40)39(31)34)20-17-24-15-18-37(19-16-24)22-25-7-3-2-4-8-25/h2-14,24,31,34,36H,15-23H2,1H3/t31-,34+/m0/s1. The molecule has 42 heavy (non-hydrogen) atoms. The van der Waals surface area contributed by atoms with Gasteiger partial charge in [-0.05, 0) is 73.2 Å². The van der Waals surface area contributed by atoms with Crippen molar-refractivity contribution in [2.75, 3.05) is 33.3 Å². The predicted octanol–water partition coefficient (Wildman–Crippen LogP) is 5.16. The fraction of sp³-hybridized carbons (Fsp3) is 0.371. The van der Waals surface area contributed by atoms with Crippen LogP contribution in [0.25, 0.3) is 10.9 Å². The molecule has 2 amide bonds. The Morgan fingerprint density at radius 3 is 2.40 bits per heavy atom. The maximum absolute atomic E-state index is 14.1. The molecule has 0 unspecified atom stereocenters. The minimum Gasteiger partial charge on any atom is -0.497 e. The van der Waals surface area contributed by atoms with Crippen LogP contribution in [-0.2, 0) is 22.6 Å². The molecule has 2 fully saturated rings. The van der Waals surface area contributed by atoms with E-state index in [0.29, 0.717) is 18.9 Å². The maximum Gasteiger partial charge on any atom is 0.246 e. The van der Waals surface area contributed by atoms with Gasteiger partial charge in [-0.2, -0.15) is 0 Å². The Labute approximate surface area is 247 Å². The van der Waals surface area contributed by atoms with E-state index >= 15 is 0 Å². The summed E-state index contributed by atoms with van der Waals surface area (Å²) >= 11 is 0. The number of fused-ring (bicyclic) bond motifs is 4. The van der Waals surface area contributed by atoms with Crippen molar-refractivity contribution in [3.63, 3.8) is 0 Å². The average molecular weight is 563 g/mol. The number of para-hydroxylation sites is 1. The zero-order valence-corrected chi connectivity index (χ0v) is 24.2. The van der Waals surface area contributed by atoms with Gasteiger partial charge >= 0.3 is 0 Å². The van der Waals surface area contributed by atoms with Crippen LogP contribution in [0, 0.1) is 5.92 Å². The Kier molecular flexibility index (Phi) is 7.20. The van der Waals surface area contributed by atoms with Crippen molar-refractivity contribution in [1.82, 2.24) is 19.7 Å². The summed E-state index contributed by atoms with van der Waals surface area (Å²) in [6.45, 7) is 3.94. The van der Waals surface area contributed by atoms with E-state index in [2.05, 4.69) is 52.3 Å². The summed E-state index contributed by atoms with van der Waals surface area (Å²) in [5.41, 5.74) is 5.52. The molecule has 0 bridgehead atoms. The molecule has 7 heteroatoms. The lowest BCUT2D eigenvalue weighted by Gasteiger charge is -2.47. The van der Waals surface area contributed by atoms with E-state index in [1.54, 1.807) is 7.11 Å². The van der Waals surface area contributed by atoms with Crippen LogP contribution in [0.5, 0.6) is 5.75 Å². The molecule has 2 saturated heterocycles. The van der Waals surface area contributed by atoms with Crippen LogP contribution in [0.2, 0.25) is 0 Å². The zero-order chi connectivity index (χ0) is 28.6. The van der Waals surface area contributed by atoms with Gasteiger partial charge in [0.25, 0.3) is 0 Å². The quantitative estimate of drug-likeness (QED) is 0.338. The van der Waals surface area contributed by atoms with Gasteiger partial charge in [-0.1, -0.05) is 60.7 Å². The molecular weight excluding hydrogens is 524 g/mol. The number of aromatic nitrogens is 1. The molecule has 0 radical (unpaired) electrons. The van der Waals surface area contributed by atoms with E-state index in [9.17, 15) is 9.59 Å². The number of amides is 2. The second-order valence-electron chi connectivity index (χ2n) is 12.0. The number of rotatable bonds is 7. The van der Waals surface area contributed by atoms with Gasteiger partial charge in [0.15, 0.2) is 0 Å². The molecule has 3 aliphatic rings. The van der Waals surface area contributed by atoms with Crippen LogP contribution < -0.4 is 4.74 Å². The van der Waals surface area contributed by atoms with E-state index in [0.717, 1.165) is 72.4 Å². The first kappa shape index (κ1) is 26.8. The number of carbonyl (C=O) groups is 2. The number of nitrogens with zero attached hydrogens (tertiary/aromatic N) is 3. The van der Waals surface area contributed by atoms with Gasteiger partial charge in [-0.3, -0.25) is 14.5 Å². The number of piperidine rings is 1. The number of aromatic amines is 1. The smallest absolute Gasteiger partial charge is 0.246 e. The monoisotopic (exact) mass is 562 g/mol. The molecule has 3 aliphatic heterocycles. The van der Waals surface area contributed by atoms with Crippen molar-refractivity contribution in [2.45, 2.75) is 44.3 Å². The number of likely N-dealkylation sites (tertiary alicyclic amines) is 1. The average Bonchev–Trinajstić information content (AvgIpc) is 3.41. The molecule has 1 N–H and O–H groups in total. The van der Waals surface area contributed by atoms with Gasteiger partial charge in [0, 0.05) is 36.1 Å². The number of benzene rings is 3. The summed E-state index contributed by atoms with van der Waals surface area (Å²) in [5.74, 6) is 1.44. The van der Waals surface area contributed by atoms with Crippen LogP contribution in [0.4, 0.5) is 0 Å². The van der Waals surface area contributed by atoms with Gasteiger partial charge in [-0.25, -0.2) is 0 Å². The van der Waals surface area contributed by atoms with Crippen molar-refractivity contribution in [3.8, 4) is 5.75 Å². The summed E-state index contributed by atoms with van der Waals surface area (Å²) in [5, 5.41) is 1.13. The van der Waals surface area contributed by atoms with Crippen LogP contribution in [-0.4, -0.2) is 70.8 Å². The van der Waals surface area contributed by atoms with Crippen molar-refractivity contribution in [1.29, 1.82) is 0 Å². The lowest BCUT2D eigenvalue weighted by molar-refractivity contribution is -0.158. The van der Waals surface area contributed by atoms with E-state index in [4.69, 9.17) is 4.74 Å². The highest BCUT2D eigenvalue weighted by molar-refractivity contribution is 5.97. The van der Waals surface area contributed by atoms with Crippen molar-refractivity contribution < 1.29 is 14.3 Å². The Hall–Kier alpha value is -4.10. The van der Waals surface area contributed by atoms with Crippen molar-refractivity contribution in [2.24, 2.45) is 5.92 Å².